The standard InChI is InChI=1S/C13H18FNO/c1-10(16)11-6-5-7-12(14)13(11)15-8-3-2-4-9-15/h5-7,10,16H,2-4,8-9H2,1H3. The number of hydrogen-bond acceptors (Lipinski definition) is 2. The third-order valence-electron chi connectivity index (χ3n) is 3.14. The SMILES string of the molecule is CC(O)c1cccc(F)c1N1CCCCC1. The number of hydrogen-bond donors (Lipinski definition) is 1. The Balaban J connectivity index is 2.36. The van der Waals surface area contributed by atoms with E-state index in [0.29, 0.717) is 11.3 Å². The first-order chi connectivity index (χ1) is 7.70. The number of nitrogens with zero attached hydrogens (tertiary/aromatic N) is 1. The van der Waals surface area contributed by atoms with Crippen molar-refractivity contribution < 1.29 is 9.50 Å². The van der Waals surface area contributed by atoms with Crippen LogP contribution in [0.3, 0.4) is 0 Å². The maximum absolute atomic E-state index is 13.8. The molecule has 88 valence electrons. The highest BCUT2D eigenvalue weighted by Crippen LogP contribution is 2.31. The van der Waals surface area contributed by atoms with Gasteiger partial charge in [-0.25, -0.2) is 4.39 Å². The van der Waals surface area contributed by atoms with Crippen LogP contribution in [0.4, 0.5) is 10.1 Å². The summed E-state index contributed by atoms with van der Waals surface area (Å²) >= 11 is 0. The highest BCUT2D eigenvalue weighted by molar-refractivity contribution is 5.56. The quantitative estimate of drug-likeness (QED) is 0.833. The molecule has 2 nitrogen and oxygen atoms in total. The topological polar surface area (TPSA) is 23.5 Å². The molecule has 1 aromatic rings. The van der Waals surface area contributed by atoms with Crippen molar-refractivity contribution in [3.05, 3.63) is 29.6 Å². The fraction of sp³-hybridized carbons (Fsp3) is 0.538. The number of piperidine rings is 1. The maximum Gasteiger partial charge on any atom is 0.146 e. The maximum atomic E-state index is 13.8. The summed E-state index contributed by atoms with van der Waals surface area (Å²) in [6.07, 6.45) is 2.81. The average Bonchev–Trinajstić information content (AvgIpc) is 2.29. The minimum Gasteiger partial charge on any atom is -0.389 e. The van der Waals surface area contributed by atoms with Gasteiger partial charge < -0.3 is 10.0 Å². The average molecular weight is 223 g/mol. The van der Waals surface area contributed by atoms with Crippen molar-refractivity contribution in [3.63, 3.8) is 0 Å². The van der Waals surface area contributed by atoms with E-state index in [-0.39, 0.29) is 5.82 Å². The smallest absolute Gasteiger partial charge is 0.146 e. The second-order valence-corrected chi connectivity index (χ2v) is 4.40. The lowest BCUT2D eigenvalue weighted by atomic mass is 10.0. The fourth-order valence-corrected chi connectivity index (χ4v) is 2.32. The van der Waals surface area contributed by atoms with Crippen molar-refractivity contribution in [2.45, 2.75) is 32.3 Å². The molecule has 1 unspecified atom stereocenters. The molecule has 1 fully saturated rings. The van der Waals surface area contributed by atoms with Gasteiger partial charge in [0.05, 0.1) is 11.8 Å². The van der Waals surface area contributed by atoms with Crippen LogP contribution in [0.1, 0.15) is 37.9 Å². The molecule has 1 aliphatic rings. The van der Waals surface area contributed by atoms with Gasteiger partial charge in [0.15, 0.2) is 0 Å². The van der Waals surface area contributed by atoms with Gasteiger partial charge in [-0.2, -0.15) is 0 Å². The van der Waals surface area contributed by atoms with Crippen LogP contribution >= 0.6 is 0 Å². The number of rotatable bonds is 2. The summed E-state index contributed by atoms with van der Waals surface area (Å²) in [5, 5.41) is 9.67. The summed E-state index contributed by atoms with van der Waals surface area (Å²) < 4.78 is 13.8. The van der Waals surface area contributed by atoms with E-state index in [2.05, 4.69) is 4.90 Å². The Bertz CT molecular complexity index is 359. The number of anilines is 1. The lowest BCUT2D eigenvalue weighted by Crippen LogP contribution is -2.31. The van der Waals surface area contributed by atoms with E-state index in [0.717, 1.165) is 25.9 Å². The molecule has 3 heteroatoms. The number of para-hydroxylation sites is 1. The van der Waals surface area contributed by atoms with E-state index >= 15 is 0 Å². The number of aliphatic hydroxyl groups excluding tert-OH is 1. The molecule has 0 aromatic heterocycles. The van der Waals surface area contributed by atoms with Gasteiger partial charge in [0.1, 0.15) is 5.82 Å². The molecule has 0 spiro atoms. The van der Waals surface area contributed by atoms with E-state index in [1.807, 2.05) is 0 Å². The van der Waals surface area contributed by atoms with Crippen LogP contribution in [0.2, 0.25) is 0 Å². The molecule has 1 aromatic carbocycles. The van der Waals surface area contributed by atoms with Crippen LogP contribution in [0.25, 0.3) is 0 Å². The summed E-state index contributed by atoms with van der Waals surface area (Å²) in [6, 6.07) is 4.93. The number of benzene rings is 1. The molecule has 16 heavy (non-hydrogen) atoms. The third-order valence-corrected chi connectivity index (χ3v) is 3.14. The minimum absolute atomic E-state index is 0.222. The molecule has 1 saturated heterocycles. The van der Waals surface area contributed by atoms with Crippen molar-refractivity contribution in [2.75, 3.05) is 18.0 Å². The molecular formula is C13H18FNO. The molecule has 0 aliphatic carbocycles. The first-order valence-corrected chi connectivity index (χ1v) is 5.91. The van der Waals surface area contributed by atoms with E-state index in [1.54, 1.807) is 19.1 Å². The van der Waals surface area contributed by atoms with Gasteiger partial charge in [-0.3, -0.25) is 0 Å². The van der Waals surface area contributed by atoms with E-state index in [9.17, 15) is 9.50 Å². The summed E-state index contributed by atoms with van der Waals surface area (Å²) in [7, 11) is 0. The summed E-state index contributed by atoms with van der Waals surface area (Å²) in [5.41, 5.74) is 1.29. The van der Waals surface area contributed by atoms with Crippen LogP contribution in [-0.4, -0.2) is 18.2 Å². The van der Waals surface area contributed by atoms with Crippen molar-refractivity contribution >= 4 is 5.69 Å². The Morgan fingerprint density at radius 2 is 1.94 bits per heavy atom. The van der Waals surface area contributed by atoms with Gasteiger partial charge in [0, 0.05) is 18.7 Å². The minimum atomic E-state index is -0.618. The highest BCUT2D eigenvalue weighted by Gasteiger charge is 2.20. The molecule has 0 radical (unpaired) electrons. The Hall–Kier alpha value is -1.09. The number of halogens is 1. The van der Waals surface area contributed by atoms with Crippen LogP contribution in [0.15, 0.2) is 18.2 Å². The van der Waals surface area contributed by atoms with Gasteiger partial charge in [0.25, 0.3) is 0 Å². The Morgan fingerprint density at radius 3 is 2.56 bits per heavy atom. The van der Waals surface area contributed by atoms with E-state index in [1.165, 1.54) is 12.5 Å². The van der Waals surface area contributed by atoms with Crippen LogP contribution in [0, 0.1) is 5.82 Å². The zero-order valence-electron chi connectivity index (χ0n) is 9.62. The van der Waals surface area contributed by atoms with Gasteiger partial charge in [-0.05, 0) is 32.3 Å². The predicted octanol–water partition coefficient (Wildman–Crippen LogP) is 2.87. The molecule has 1 N–H and O–H groups in total. The predicted molar refractivity (Wildman–Crippen MR) is 63.1 cm³/mol. The van der Waals surface area contributed by atoms with Crippen molar-refractivity contribution in [1.82, 2.24) is 0 Å². The monoisotopic (exact) mass is 223 g/mol. The first kappa shape index (κ1) is 11.4. The summed E-state index contributed by atoms with van der Waals surface area (Å²) in [6.45, 7) is 3.46. The molecule has 1 aliphatic heterocycles. The normalized spacial score (nSPS) is 18.6. The zero-order chi connectivity index (χ0) is 11.5. The fourth-order valence-electron chi connectivity index (χ4n) is 2.32. The molecule has 1 heterocycles. The van der Waals surface area contributed by atoms with Gasteiger partial charge in [-0.1, -0.05) is 12.1 Å². The van der Waals surface area contributed by atoms with Gasteiger partial charge >= 0.3 is 0 Å². The Morgan fingerprint density at radius 1 is 1.25 bits per heavy atom. The molecule has 1 atom stereocenters. The van der Waals surface area contributed by atoms with Crippen molar-refractivity contribution in [2.24, 2.45) is 0 Å². The van der Waals surface area contributed by atoms with Gasteiger partial charge in [0.2, 0.25) is 0 Å². The zero-order valence-corrected chi connectivity index (χ0v) is 9.62. The second-order valence-electron chi connectivity index (χ2n) is 4.40. The van der Waals surface area contributed by atoms with E-state index < -0.39 is 6.10 Å². The number of aliphatic hydroxyl groups is 1. The largest absolute Gasteiger partial charge is 0.389 e. The summed E-state index contributed by atoms with van der Waals surface area (Å²) in [4.78, 5) is 2.06. The molecular weight excluding hydrogens is 205 g/mol. The first-order valence-electron chi connectivity index (χ1n) is 5.91. The van der Waals surface area contributed by atoms with Crippen LogP contribution in [0.5, 0.6) is 0 Å². The summed E-state index contributed by atoms with van der Waals surface area (Å²) in [5.74, 6) is -0.222. The lowest BCUT2D eigenvalue weighted by Gasteiger charge is -2.31. The molecule has 0 saturated carbocycles. The highest BCUT2D eigenvalue weighted by atomic mass is 19.1. The van der Waals surface area contributed by atoms with E-state index in [4.69, 9.17) is 0 Å². The van der Waals surface area contributed by atoms with Crippen LogP contribution < -0.4 is 4.90 Å². The second kappa shape index (κ2) is 4.83. The Kier molecular flexibility index (Phi) is 3.44. The van der Waals surface area contributed by atoms with Gasteiger partial charge in [-0.15, -0.1) is 0 Å². The third kappa shape index (κ3) is 2.19. The van der Waals surface area contributed by atoms with Crippen molar-refractivity contribution in [3.8, 4) is 0 Å². The van der Waals surface area contributed by atoms with Crippen molar-refractivity contribution in [1.29, 1.82) is 0 Å². The lowest BCUT2D eigenvalue weighted by molar-refractivity contribution is 0.199. The molecule has 0 amide bonds. The molecule has 0 bridgehead atoms. The molecule has 2 rings (SSSR count). The Labute approximate surface area is 95.7 Å². The van der Waals surface area contributed by atoms with Crippen LogP contribution in [-0.2, 0) is 0 Å².